The van der Waals surface area contributed by atoms with Crippen LogP contribution in [0, 0.1) is 28.6 Å². The third-order valence-electron chi connectivity index (χ3n) is 8.48. The van der Waals surface area contributed by atoms with Gasteiger partial charge in [-0.15, -0.1) is 0 Å². The molecule has 1 N–H and O–H groups in total. The highest BCUT2D eigenvalue weighted by Gasteiger charge is 2.58. The van der Waals surface area contributed by atoms with Crippen molar-refractivity contribution in [1.82, 2.24) is 4.90 Å². The molecule has 0 aromatic carbocycles. The number of ketones is 1. The molecular formula is C27H39NO5. The second-order valence-corrected chi connectivity index (χ2v) is 10.8. The van der Waals surface area contributed by atoms with E-state index in [0.717, 1.165) is 24.8 Å². The number of ether oxygens (including phenoxy) is 1. The van der Waals surface area contributed by atoms with Crippen LogP contribution in [0.5, 0.6) is 0 Å². The summed E-state index contributed by atoms with van der Waals surface area (Å²) in [6.45, 7) is 10.6. The number of Topliss-reactive ketones (excluding diaryl/α,β-unsaturated/α-hetero) is 1. The molecule has 182 valence electrons. The van der Waals surface area contributed by atoms with E-state index >= 15 is 0 Å². The number of amides is 1. The third-order valence-corrected chi connectivity index (χ3v) is 8.48. The highest BCUT2D eigenvalue weighted by atomic mass is 16.5. The quantitative estimate of drug-likeness (QED) is 0.211. The molecule has 0 aromatic rings. The Hall–Kier alpha value is -2.37. The summed E-state index contributed by atoms with van der Waals surface area (Å²) in [5, 5.41) is 11.8. The van der Waals surface area contributed by atoms with Gasteiger partial charge in [-0.05, 0) is 50.4 Å². The van der Waals surface area contributed by atoms with Crippen LogP contribution in [-0.2, 0) is 19.1 Å². The standard InChI is InChI=1S/C27H39NO5/c1-8-9-18-17(3)15-26(4)14-16(2)10-12-20(26)27(18,5)24(31)22-23(30)19(28(6)25(22)32)11-13-21(29)33-7/h8-9,15-16,18-20,31H,10-14H2,1-7H3/b9-8+,24-22-. The number of aliphatic hydroxyl groups is 1. The fourth-order valence-electron chi connectivity index (χ4n) is 7.01. The lowest BCUT2D eigenvalue weighted by atomic mass is 9.47. The van der Waals surface area contributed by atoms with Crippen molar-refractivity contribution in [1.29, 1.82) is 0 Å². The molecule has 0 aromatic heterocycles. The van der Waals surface area contributed by atoms with Gasteiger partial charge < -0.3 is 14.7 Å². The Morgan fingerprint density at radius 2 is 1.97 bits per heavy atom. The van der Waals surface area contributed by atoms with Crippen LogP contribution >= 0.6 is 0 Å². The van der Waals surface area contributed by atoms with Gasteiger partial charge in [-0.25, -0.2) is 0 Å². The van der Waals surface area contributed by atoms with Crippen LogP contribution < -0.4 is 0 Å². The van der Waals surface area contributed by atoms with Gasteiger partial charge in [-0.1, -0.05) is 51.0 Å². The van der Waals surface area contributed by atoms with Gasteiger partial charge in [-0.3, -0.25) is 14.4 Å². The first-order chi connectivity index (χ1) is 15.4. The van der Waals surface area contributed by atoms with Gasteiger partial charge >= 0.3 is 5.97 Å². The van der Waals surface area contributed by atoms with E-state index in [1.807, 2.05) is 19.9 Å². The lowest BCUT2D eigenvalue weighted by molar-refractivity contribution is -0.141. The molecule has 1 heterocycles. The van der Waals surface area contributed by atoms with Crippen molar-refractivity contribution in [3.63, 3.8) is 0 Å². The number of fused-ring (bicyclic) bond motifs is 1. The number of likely N-dealkylation sites (N-methyl/N-ethyl adjacent to an activating group) is 1. The molecule has 6 unspecified atom stereocenters. The fourth-order valence-corrected chi connectivity index (χ4v) is 7.01. The minimum absolute atomic E-state index is 0.0392. The Labute approximate surface area is 197 Å². The van der Waals surface area contributed by atoms with Crippen molar-refractivity contribution in [2.45, 2.75) is 72.8 Å². The molecule has 1 amide bonds. The number of aliphatic hydroxyl groups excluding tert-OH is 1. The number of hydrogen-bond donors (Lipinski definition) is 1. The van der Waals surface area contributed by atoms with Gasteiger partial charge in [-0.2, -0.15) is 0 Å². The molecule has 0 radical (unpaired) electrons. The lowest BCUT2D eigenvalue weighted by Gasteiger charge is -2.57. The molecule has 3 rings (SSSR count). The summed E-state index contributed by atoms with van der Waals surface area (Å²) in [7, 11) is 2.86. The first kappa shape index (κ1) is 25.3. The zero-order valence-corrected chi connectivity index (χ0v) is 21.1. The molecule has 3 aliphatic rings. The summed E-state index contributed by atoms with van der Waals surface area (Å²) in [6.07, 6.45) is 9.64. The maximum Gasteiger partial charge on any atom is 0.305 e. The van der Waals surface area contributed by atoms with E-state index in [1.165, 1.54) is 12.0 Å². The van der Waals surface area contributed by atoms with Gasteiger partial charge in [0.1, 0.15) is 11.3 Å². The Morgan fingerprint density at radius 1 is 1.30 bits per heavy atom. The van der Waals surface area contributed by atoms with Crippen LogP contribution in [0.4, 0.5) is 0 Å². The van der Waals surface area contributed by atoms with Crippen molar-refractivity contribution >= 4 is 17.7 Å². The number of nitrogens with zero attached hydrogens (tertiary/aromatic N) is 1. The Bertz CT molecular complexity index is 931. The molecular weight excluding hydrogens is 418 g/mol. The molecule has 0 bridgehead atoms. The number of methoxy groups -OCH3 is 1. The first-order valence-corrected chi connectivity index (χ1v) is 12.1. The molecule has 1 aliphatic heterocycles. The van der Waals surface area contributed by atoms with Crippen molar-refractivity contribution in [2.75, 3.05) is 14.2 Å². The van der Waals surface area contributed by atoms with E-state index in [0.29, 0.717) is 5.92 Å². The predicted octanol–water partition coefficient (Wildman–Crippen LogP) is 4.76. The van der Waals surface area contributed by atoms with Crippen molar-refractivity contribution in [2.24, 2.45) is 28.6 Å². The van der Waals surface area contributed by atoms with Crippen molar-refractivity contribution < 1.29 is 24.2 Å². The second-order valence-electron chi connectivity index (χ2n) is 10.8. The van der Waals surface area contributed by atoms with Crippen LogP contribution in [0.3, 0.4) is 0 Å². The number of allylic oxidation sites excluding steroid dienone is 5. The molecule has 2 fully saturated rings. The zero-order chi connectivity index (χ0) is 24.7. The highest BCUT2D eigenvalue weighted by Crippen LogP contribution is 2.62. The maximum absolute atomic E-state index is 13.4. The number of rotatable bonds is 5. The average Bonchev–Trinajstić information content (AvgIpc) is 2.96. The van der Waals surface area contributed by atoms with E-state index < -0.39 is 29.1 Å². The molecule has 6 nitrogen and oxygen atoms in total. The molecule has 1 saturated carbocycles. The number of hydrogen-bond acceptors (Lipinski definition) is 5. The molecule has 1 saturated heterocycles. The van der Waals surface area contributed by atoms with Gasteiger partial charge in [0, 0.05) is 24.8 Å². The molecule has 2 aliphatic carbocycles. The lowest BCUT2D eigenvalue weighted by Crippen LogP contribution is -2.51. The van der Waals surface area contributed by atoms with Crippen LogP contribution in [0.1, 0.15) is 66.7 Å². The van der Waals surface area contributed by atoms with Crippen LogP contribution in [-0.4, -0.2) is 47.9 Å². The van der Waals surface area contributed by atoms with Crippen molar-refractivity contribution in [3.8, 4) is 0 Å². The highest BCUT2D eigenvalue weighted by molar-refractivity contribution is 6.26. The Morgan fingerprint density at radius 3 is 2.58 bits per heavy atom. The summed E-state index contributed by atoms with van der Waals surface area (Å²) in [5.74, 6) is -0.818. The van der Waals surface area contributed by atoms with Crippen LogP contribution in [0.15, 0.2) is 35.1 Å². The summed E-state index contributed by atoms with van der Waals surface area (Å²) >= 11 is 0. The summed E-state index contributed by atoms with van der Waals surface area (Å²) in [5.41, 5.74) is 0.146. The zero-order valence-electron chi connectivity index (χ0n) is 21.1. The van der Waals surface area contributed by atoms with E-state index in [4.69, 9.17) is 4.74 Å². The first-order valence-electron chi connectivity index (χ1n) is 12.1. The van der Waals surface area contributed by atoms with E-state index in [2.05, 4.69) is 32.9 Å². The van der Waals surface area contributed by atoms with E-state index in [-0.39, 0.29) is 41.4 Å². The fraction of sp³-hybridized carbons (Fsp3) is 0.667. The number of likely N-dealkylation sites (tertiary alicyclic amines) is 1. The van der Waals surface area contributed by atoms with Crippen molar-refractivity contribution in [3.05, 3.63) is 35.1 Å². The maximum atomic E-state index is 13.4. The topological polar surface area (TPSA) is 83.9 Å². The van der Waals surface area contributed by atoms with Gasteiger partial charge in [0.05, 0.1) is 13.2 Å². The Kier molecular flexibility index (Phi) is 6.97. The summed E-state index contributed by atoms with van der Waals surface area (Å²) in [4.78, 5) is 39.7. The number of esters is 1. The van der Waals surface area contributed by atoms with Gasteiger partial charge in [0.2, 0.25) is 0 Å². The smallest absolute Gasteiger partial charge is 0.305 e. The molecule has 6 atom stereocenters. The SMILES string of the molecule is C/C=C/C1C(C)=CC2(C)CC(C)CCC2C1(C)/C(O)=C1\C(=O)C(CCC(=O)OC)N(C)C1=O. The normalized spacial score (nSPS) is 38.4. The van der Waals surface area contributed by atoms with Crippen LogP contribution in [0.25, 0.3) is 0 Å². The van der Waals surface area contributed by atoms with Gasteiger partial charge in [0.15, 0.2) is 5.78 Å². The number of carbonyl (C=O) groups is 3. The summed E-state index contributed by atoms with van der Waals surface area (Å²) in [6, 6.07) is -0.768. The minimum Gasteiger partial charge on any atom is -0.511 e. The molecule has 0 spiro atoms. The van der Waals surface area contributed by atoms with E-state index in [9.17, 15) is 19.5 Å². The largest absolute Gasteiger partial charge is 0.511 e. The summed E-state index contributed by atoms with van der Waals surface area (Å²) < 4.78 is 4.70. The molecule has 6 heteroatoms. The molecule has 33 heavy (non-hydrogen) atoms. The Balaban J connectivity index is 2.13. The predicted molar refractivity (Wildman–Crippen MR) is 127 cm³/mol. The van der Waals surface area contributed by atoms with Crippen LogP contribution in [0.2, 0.25) is 0 Å². The average molecular weight is 458 g/mol. The third kappa shape index (κ3) is 4.06. The van der Waals surface area contributed by atoms with Gasteiger partial charge in [0.25, 0.3) is 5.91 Å². The second kappa shape index (κ2) is 9.11. The minimum atomic E-state index is -0.779. The van der Waals surface area contributed by atoms with E-state index in [1.54, 1.807) is 7.05 Å². The monoisotopic (exact) mass is 457 g/mol. The number of carbonyl (C=O) groups excluding carboxylic acids is 3.